The van der Waals surface area contributed by atoms with Gasteiger partial charge in [-0.3, -0.25) is 0 Å². The first-order valence-corrected chi connectivity index (χ1v) is 8.23. The standard InChI is InChI=1S/C14H21NO2S/c1-14(2)9-8-11(10-14)15-12-6-4-5-7-13(12)18(3,16)17/h4-7,11,15H,8-10H2,1-3H3. The SMILES string of the molecule is CC1(C)CCC(Nc2ccccc2S(C)(=O)=O)C1. The zero-order valence-corrected chi connectivity index (χ0v) is 12.0. The van der Waals surface area contributed by atoms with Crippen LogP contribution >= 0.6 is 0 Å². The summed E-state index contributed by atoms with van der Waals surface area (Å²) in [4.78, 5) is 0.398. The van der Waals surface area contributed by atoms with Crippen LogP contribution in [-0.4, -0.2) is 20.7 Å². The van der Waals surface area contributed by atoms with Gasteiger partial charge in [0.2, 0.25) is 0 Å². The lowest BCUT2D eigenvalue weighted by Crippen LogP contribution is -2.19. The Kier molecular flexibility index (Phi) is 3.41. The molecule has 1 N–H and O–H groups in total. The zero-order valence-electron chi connectivity index (χ0n) is 11.2. The second-order valence-electron chi connectivity index (χ2n) is 6.02. The van der Waals surface area contributed by atoms with Crippen molar-refractivity contribution in [3.8, 4) is 0 Å². The number of sulfone groups is 1. The van der Waals surface area contributed by atoms with Gasteiger partial charge in [0, 0.05) is 12.3 Å². The Hall–Kier alpha value is -1.03. The summed E-state index contributed by atoms with van der Waals surface area (Å²) in [7, 11) is -3.17. The molecule has 1 unspecified atom stereocenters. The Labute approximate surface area is 110 Å². The highest BCUT2D eigenvalue weighted by Crippen LogP contribution is 2.38. The van der Waals surface area contributed by atoms with Crippen molar-refractivity contribution in [2.24, 2.45) is 5.41 Å². The first-order valence-electron chi connectivity index (χ1n) is 6.34. The maximum absolute atomic E-state index is 11.7. The Balaban J connectivity index is 2.21. The minimum Gasteiger partial charge on any atom is -0.381 e. The quantitative estimate of drug-likeness (QED) is 0.915. The molecule has 0 aliphatic heterocycles. The molecule has 0 aromatic heterocycles. The third-order valence-electron chi connectivity index (χ3n) is 3.61. The Morgan fingerprint density at radius 3 is 2.50 bits per heavy atom. The fourth-order valence-corrected chi connectivity index (χ4v) is 3.54. The summed E-state index contributed by atoms with van der Waals surface area (Å²) in [6.07, 6.45) is 4.63. The molecule has 3 nitrogen and oxygen atoms in total. The molecule has 2 rings (SSSR count). The van der Waals surface area contributed by atoms with E-state index in [0.29, 0.717) is 16.4 Å². The summed E-state index contributed by atoms with van der Waals surface area (Å²) >= 11 is 0. The lowest BCUT2D eigenvalue weighted by atomic mass is 9.92. The van der Waals surface area contributed by atoms with E-state index in [1.807, 2.05) is 12.1 Å². The molecular formula is C14H21NO2S. The summed E-state index contributed by atoms with van der Waals surface area (Å²) in [6.45, 7) is 4.52. The van der Waals surface area contributed by atoms with Crippen LogP contribution in [0, 0.1) is 5.41 Å². The summed E-state index contributed by atoms with van der Waals surface area (Å²) < 4.78 is 23.4. The second kappa shape index (κ2) is 4.57. The smallest absolute Gasteiger partial charge is 0.177 e. The van der Waals surface area contributed by atoms with Crippen LogP contribution in [0.3, 0.4) is 0 Å². The van der Waals surface area contributed by atoms with E-state index >= 15 is 0 Å². The number of benzene rings is 1. The average molecular weight is 267 g/mol. The molecule has 0 saturated heterocycles. The van der Waals surface area contributed by atoms with Gasteiger partial charge < -0.3 is 5.32 Å². The van der Waals surface area contributed by atoms with E-state index in [1.165, 1.54) is 12.7 Å². The van der Waals surface area contributed by atoms with Crippen molar-refractivity contribution >= 4 is 15.5 Å². The van der Waals surface area contributed by atoms with Gasteiger partial charge in [0.1, 0.15) is 0 Å². The highest BCUT2D eigenvalue weighted by Gasteiger charge is 2.31. The summed E-state index contributed by atoms with van der Waals surface area (Å²) in [5.74, 6) is 0. The van der Waals surface area contributed by atoms with Crippen molar-refractivity contribution in [3.05, 3.63) is 24.3 Å². The van der Waals surface area contributed by atoms with Crippen LogP contribution in [0.2, 0.25) is 0 Å². The number of hydrogen-bond acceptors (Lipinski definition) is 3. The van der Waals surface area contributed by atoms with Gasteiger partial charge in [-0.25, -0.2) is 8.42 Å². The molecule has 1 aliphatic rings. The highest BCUT2D eigenvalue weighted by atomic mass is 32.2. The fraction of sp³-hybridized carbons (Fsp3) is 0.571. The van der Waals surface area contributed by atoms with E-state index in [-0.39, 0.29) is 0 Å². The fourth-order valence-electron chi connectivity index (χ4n) is 2.69. The molecule has 1 aliphatic carbocycles. The minimum absolute atomic E-state index is 0.359. The van der Waals surface area contributed by atoms with E-state index in [9.17, 15) is 8.42 Å². The second-order valence-corrected chi connectivity index (χ2v) is 8.00. The predicted octanol–water partition coefficient (Wildman–Crippen LogP) is 3.08. The first kappa shape index (κ1) is 13.4. The van der Waals surface area contributed by atoms with Crippen LogP contribution in [0.1, 0.15) is 33.1 Å². The Bertz CT molecular complexity index is 534. The van der Waals surface area contributed by atoms with E-state index in [0.717, 1.165) is 18.5 Å². The van der Waals surface area contributed by atoms with Crippen molar-refractivity contribution < 1.29 is 8.42 Å². The van der Waals surface area contributed by atoms with Gasteiger partial charge in [0.25, 0.3) is 0 Å². The molecule has 0 heterocycles. The number of nitrogens with one attached hydrogen (secondary N) is 1. The van der Waals surface area contributed by atoms with Gasteiger partial charge in [0.15, 0.2) is 9.84 Å². The molecule has 0 spiro atoms. The number of para-hydroxylation sites is 1. The van der Waals surface area contributed by atoms with Gasteiger partial charge in [0.05, 0.1) is 10.6 Å². The maximum atomic E-state index is 11.7. The molecule has 0 radical (unpaired) electrons. The van der Waals surface area contributed by atoms with Crippen LogP contribution in [0.25, 0.3) is 0 Å². The van der Waals surface area contributed by atoms with E-state index in [4.69, 9.17) is 0 Å². The van der Waals surface area contributed by atoms with Gasteiger partial charge in [-0.2, -0.15) is 0 Å². The summed E-state index contributed by atoms with van der Waals surface area (Å²) in [5, 5.41) is 3.39. The van der Waals surface area contributed by atoms with E-state index < -0.39 is 9.84 Å². The molecule has 100 valence electrons. The van der Waals surface area contributed by atoms with Crippen LogP contribution < -0.4 is 5.32 Å². The van der Waals surface area contributed by atoms with Crippen LogP contribution in [0.5, 0.6) is 0 Å². The largest absolute Gasteiger partial charge is 0.381 e. The summed E-state index contributed by atoms with van der Waals surface area (Å²) in [6, 6.07) is 7.53. The Morgan fingerprint density at radius 1 is 1.28 bits per heavy atom. The third kappa shape index (κ3) is 3.05. The molecule has 1 aromatic carbocycles. The minimum atomic E-state index is -3.17. The van der Waals surface area contributed by atoms with Crippen molar-refractivity contribution in [3.63, 3.8) is 0 Å². The molecular weight excluding hydrogens is 246 g/mol. The molecule has 1 atom stereocenters. The van der Waals surface area contributed by atoms with Crippen LogP contribution in [-0.2, 0) is 9.84 Å². The molecule has 18 heavy (non-hydrogen) atoms. The zero-order chi connectivity index (χ0) is 13.4. The van der Waals surface area contributed by atoms with Crippen LogP contribution in [0.4, 0.5) is 5.69 Å². The van der Waals surface area contributed by atoms with Crippen molar-refractivity contribution in [2.45, 2.75) is 44.0 Å². The first-order chi connectivity index (χ1) is 8.28. The van der Waals surface area contributed by atoms with Crippen molar-refractivity contribution in [1.29, 1.82) is 0 Å². The monoisotopic (exact) mass is 267 g/mol. The van der Waals surface area contributed by atoms with Crippen LogP contribution in [0.15, 0.2) is 29.2 Å². The van der Waals surface area contributed by atoms with Gasteiger partial charge >= 0.3 is 0 Å². The highest BCUT2D eigenvalue weighted by molar-refractivity contribution is 7.90. The number of rotatable bonds is 3. The van der Waals surface area contributed by atoms with Crippen molar-refractivity contribution in [1.82, 2.24) is 0 Å². The van der Waals surface area contributed by atoms with E-state index in [1.54, 1.807) is 12.1 Å². The number of anilines is 1. The third-order valence-corrected chi connectivity index (χ3v) is 4.77. The molecule has 1 saturated carbocycles. The maximum Gasteiger partial charge on any atom is 0.177 e. The van der Waals surface area contributed by atoms with Gasteiger partial charge in [-0.15, -0.1) is 0 Å². The van der Waals surface area contributed by atoms with Gasteiger partial charge in [-0.1, -0.05) is 26.0 Å². The molecule has 1 fully saturated rings. The predicted molar refractivity (Wildman–Crippen MR) is 74.6 cm³/mol. The van der Waals surface area contributed by atoms with Gasteiger partial charge in [-0.05, 0) is 36.8 Å². The molecule has 4 heteroatoms. The molecule has 1 aromatic rings. The lowest BCUT2D eigenvalue weighted by molar-refractivity contribution is 0.378. The lowest BCUT2D eigenvalue weighted by Gasteiger charge is -2.19. The van der Waals surface area contributed by atoms with Crippen molar-refractivity contribution in [2.75, 3.05) is 11.6 Å². The Morgan fingerprint density at radius 2 is 1.94 bits per heavy atom. The summed E-state index contributed by atoms with van der Waals surface area (Å²) in [5.41, 5.74) is 1.10. The molecule has 0 amide bonds. The average Bonchev–Trinajstić information content (AvgIpc) is 2.57. The normalized spacial score (nSPS) is 22.9. The topological polar surface area (TPSA) is 46.2 Å². The molecule has 0 bridgehead atoms. The van der Waals surface area contributed by atoms with E-state index in [2.05, 4.69) is 19.2 Å². The number of hydrogen-bond donors (Lipinski definition) is 1.